The number of benzene rings is 1. The minimum Gasteiger partial charge on any atom is -0.358 e. The van der Waals surface area contributed by atoms with E-state index in [1.807, 2.05) is 13.8 Å². The van der Waals surface area contributed by atoms with E-state index in [0.717, 1.165) is 0 Å². The molecule has 0 N–H and O–H groups in total. The fourth-order valence-electron chi connectivity index (χ4n) is 1.22. The first-order valence-corrected chi connectivity index (χ1v) is 4.38. The van der Waals surface area contributed by atoms with Crippen LogP contribution >= 0.6 is 0 Å². The zero-order valence-corrected chi connectivity index (χ0v) is 12.3. The minimum atomic E-state index is 0. The molecular weight excluding hydrogens is 259 g/mol. The Labute approximate surface area is 120 Å². The van der Waals surface area contributed by atoms with Gasteiger partial charge in [0.15, 0.2) is 0 Å². The van der Waals surface area contributed by atoms with Gasteiger partial charge < -0.3 is 12.0 Å². The summed E-state index contributed by atoms with van der Waals surface area (Å²) in [6.45, 7) is 4.00. The standard InChI is InChI=1S/C9H9N.C2H6.CH4.CH3.Y/c1-10-7-6-8-4-2-3-5-9(8)10;1-2;;;/h2-7H,1H3;1-2H3;1H4;1H3;/q;;;-1;. The van der Waals surface area contributed by atoms with Crippen LogP contribution < -0.4 is 0 Å². The smallest absolute Gasteiger partial charge is 0.0477 e. The van der Waals surface area contributed by atoms with Crippen LogP contribution in [0.15, 0.2) is 36.5 Å². The van der Waals surface area contributed by atoms with Crippen molar-refractivity contribution >= 4 is 10.9 Å². The summed E-state index contributed by atoms with van der Waals surface area (Å²) in [5, 5.41) is 1.31. The summed E-state index contributed by atoms with van der Waals surface area (Å²) in [6.07, 6.45) is 2.07. The predicted molar refractivity (Wildman–Crippen MR) is 67.4 cm³/mol. The molecule has 2 rings (SSSR count). The average Bonchev–Trinajstić information content (AvgIpc) is 2.53. The Hall–Kier alpha value is -0.136. The largest absolute Gasteiger partial charge is 0.358 e. The average molecular weight is 281 g/mol. The number of hydrogen-bond acceptors (Lipinski definition) is 0. The molecule has 0 aliphatic carbocycles. The first-order valence-electron chi connectivity index (χ1n) is 4.38. The third-order valence-electron chi connectivity index (χ3n) is 1.79. The Balaban J connectivity index is -0.000000273. The van der Waals surface area contributed by atoms with E-state index in [0.29, 0.717) is 0 Å². The second kappa shape index (κ2) is 10.4. The van der Waals surface area contributed by atoms with Crippen LogP contribution in [0.2, 0.25) is 0 Å². The number of fused-ring (bicyclic) bond motifs is 1. The third-order valence-corrected chi connectivity index (χ3v) is 1.79. The molecular formula is C13H22NY-. The Kier molecular flexibility index (Phi) is 14.1. The fourth-order valence-corrected chi connectivity index (χ4v) is 1.22. The predicted octanol–water partition coefficient (Wildman–Crippen LogP) is 4.29. The van der Waals surface area contributed by atoms with Gasteiger partial charge in [0.25, 0.3) is 0 Å². The van der Waals surface area contributed by atoms with Crippen molar-refractivity contribution in [1.29, 1.82) is 0 Å². The Morgan fingerprint density at radius 2 is 1.53 bits per heavy atom. The fraction of sp³-hybridized carbons (Fsp3) is 0.308. The quantitative estimate of drug-likeness (QED) is 0.635. The summed E-state index contributed by atoms with van der Waals surface area (Å²) in [5.74, 6) is 0. The number of rotatable bonds is 0. The molecule has 0 aliphatic heterocycles. The van der Waals surface area contributed by atoms with E-state index >= 15 is 0 Å². The number of hydrogen-bond donors (Lipinski definition) is 0. The van der Waals surface area contributed by atoms with Crippen LogP contribution in [0.1, 0.15) is 21.3 Å². The van der Waals surface area contributed by atoms with E-state index in [2.05, 4.69) is 48.1 Å². The van der Waals surface area contributed by atoms with Crippen LogP contribution in [0, 0.1) is 7.43 Å². The summed E-state index contributed by atoms with van der Waals surface area (Å²) in [4.78, 5) is 0. The maximum Gasteiger partial charge on any atom is 0.0477 e. The second-order valence-corrected chi connectivity index (χ2v) is 2.49. The molecule has 1 nitrogen and oxygen atoms in total. The molecule has 0 saturated carbocycles. The van der Waals surface area contributed by atoms with E-state index in [4.69, 9.17) is 0 Å². The van der Waals surface area contributed by atoms with Gasteiger partial charge in [-0.25, -0.2) is 0 Å². The molecule has 15 heavy (non-hydrogen) atoms. The van der Waals surface area contributed by atoms with Crippen LogP contribution in [0.3, 0.4) is 0 Å². The third kappa shape index (κ3) is 4.95. The van der Waals surface area contributed by atoms with E-state index in [1.54, 1.807) is 0 Å². The normalized spacial score (nSPS) is 7.40. The number of nitrogens with zero attached hydrogens (tertiary/aromatic N) is 1. The topological polar surface area (TPSA) is 4.93 Å². The molecule has 83 valence electrons. The molecule has 0 fully saturated rings. The van der Waals surface area contributed by atoms with Gasteiger partial charge in [0.2, 0.25) is 0 Å². The maximum atomic E-state index is 2.12. The van der Waals surface area contributed by atoms with Crippen molar-refractivity contribution in [3.8, 4) is 0 Å². The van der Waals surface area contributed by atoms with Gasteiger partial charge in [-0.15, -0.1) is 0 Å². The monoisotopic (exact) mass is 281 g/mol. The van der Waals surface area contributed by atoms with Crippen LogP contribution in [-0.4, -0.2) is 4.57 Å². The molecule has 0 amide bonds. The number of aromatic nitrogens is 1. The van der Waals surface area contributed by atoms with Gasteiger partial charge in [0, 0.05) is 51.5 Å². The summed E-state index contributed by atoms with van der Waals surface area (Å²) >= 11 is 0. The minimum absolute atomic E-state index is 0. The number of para-hydroxylation sites is 1. The van der Waals surface area contributed by atoms with Gasteiger partial charge in [-0.1, -0.05) is 39.5 Å². The zero-order valence-electron chi connectivity index (χ0n) is 9.49. The maximum absolute atomic E-state index is 2.12. The summed E-state index contributed by atoms with van der Waals surface area (Å²) in [7, 11) is 2.06. The van der Waals surface area contributed by atoms with Crippen molar-refractivity contribution in [3.05, 3.63) is 44.0 Å². The summed E-state index contributed by atoms with van der Waals surface area (Å²) < 4.78 is 2.12. The summed E-state index contributed by atoms with van der Waals surface area (Å²) in [6, 6.07) is 10.5. The van der Waals surface area contributed by atoms with Gasteiger partial charge in [-0.2, -0.15) is 0 Å². The zero-order chi connectivity index (χ0) is 8.97. The molecule has 2 heteroatoms. The van der Waals surface area contributed by atoms with Crippen molar-refractivity contribution in [2.24, 2.45) is 7.05 Å². The second-order valence-electron chi connectivity index (χ2n) is 2.49. The summed E-state index contributed by atoms with van der Waals surface area (Å²) in [5.41, 5.74) is 1.29. The van der Waals surface area contributed by atoms with Crippen molar-refractivity contribution < 1.29 is 32.7 Å². The molecule has 0 bridgehead atoms. The Bertz CT molecular complexity index is 352. The molecule has 2 aromatic rings. The van der Waals surface area contributed by atoms with Gasteiger partial charge in [0.05, 0.1) is 0 Å². The van der Waals surface area contributed by atoms with Crippen molar-refractivity contribution in [3.63, 3.8) is 0 Å². The molecule has 1 aromatic heterocycles. The van der Waals surface area contributed by atoms with Crippen molar-refractivity contribution in [2.45, 2.75) is 21.3 Å². The van der Waals surface area contributed by atoms with E-state index in [1.165, 1.54) is 10.9 Å². The molecule has 1 heterocycles. The Morgan fingerprint density at radius 3 is 2.07 bits per heavy atom. The van der Waals surface area contributed by atoms with Crippen LogP contribution in [0.4, 0.5) is 0 Å². The molecule has 1 aromatic carbocycles. The van der Waals surface area contributed by atoms with Crippen LogP contribution in [0.5, 0.6) is 0 Å². The molecule has 0 spiro atoms. The number of aryl methyl sites for hydroxylation is 1. The molecule has 0 aliphatic rings. The van der Waals surface area contributed by atoms with Crippen LogP contribution in [-0.2, 0) is 39.8 Å². The molecule has 1 radical (unpaired) electrons. The molecule has 0 unspecified atom stereocenters. The molecule has 0 saturated heterocycles. The van der Waals surface area contributed by atoms with Gasteiger partial charge in [-0.3, -0.25) is 0 Å². The SMILES string of the molecule is C.CC.Cn1ccc2ccccc21.[CH3-].[Y]. The van der Waals surface area contributed by atoms with Gasteiger partial charge in [0.1, 0.15) is 0 Å². The van der Waals surface area contributed by atoms with Gasteiger partial charge >= 0.3 is 0 Å². The van der Waals surface area contributed by atoms with E-state index in [-0.39, 0.29) is 47.6 Å². The first kappa shape index (κ1) is 20.3. The van der Waals surface area contributed by atoms with Gasteiger partial charge in [-0.05, 0) is 17.5 Å². The Morgan fingerprint density at radius 1 is 1.00 bits per heavy atom. The first-order chi connectivity index (χ1) is 5.88. The van der Waals surface area contributed by atoms with E-state index < -0.39 is 0 Å². The van der Waals surface area contributed by atoms with Crippen molar-refractivity contribution in [1.82, 2.24) is 4.57 Å². The molecule has 0 atom stereocenters. The van der Waals surface area contributed by atoms with Crippen molar-refractivity contribution in [2.75, 3.05) is 0 Å². The van der Waals surface area contributed by atoms with Crippen LogP contribution in [0.25, 0.3) is 10.9 Å². The van der Waals surface area contributed by atoms with E-state index in [9.17, 15) is 0 Å².